The highest BCUT2D eigenvalue weighted by molar-refractivity contribution is 7.16. The molecule has 0 aliphatic carbocycles. The lowest BCUT2D eigenvalue weighted by Gasteiger charge is -2.08. The summed E-state index contributed by atoms with van der Waals surface area (Å²) in [5, 5.41) is 5.00. The van der Waals surface area contributed by atoms with Crippen LogP contribution in [-0.2, 0) is 25.5 Å². The first-order chi connectivity index (χ1) is 12.4. The third-order valence-electron chi connectivity index (χ3n) is 3.64. The van der Waals surface area contributed by atoms with Crippen molar-refractivity contribution in [1.29, 1.82) is 0 Å². The SMILES string of the molecule is CCOC(=O)c1c(NC(=O)COC(=O)CCc2cccs2)sc(C)c1C. The van der Waals surface area contributed by atoms with Crippen LogP contribution >= 0.6 is 22.7 Å². The molecule has 0 fully saturated rings. The summed E-state index contributed by atoms with van der Waals surface area (Å²) < 4.78 is 10.0. The van der Waals surface area contributed by atoms with Crippen LogP contribution < -0.4 is 5.32 Å². The molecule has 1 N–H and O–H groups in total. The fraction of sp³-hybridized carbons (Fsp3) is 0.389. The summed E-state index contributed by atoms with van der Waals surface area (Å²) in [5.74, 6) is -1.39. The van der Waals surface area contributed by atoms with Gasteiger partial charge in [-0.25, -0.2) is 4.79 Å². The predicted molar refractivity (Wildman–Crippen MR) is 102 cm³/mol. The number of carbonyl (C=O) groups excluding carboxylic acids is 3. The van der Waals surface area contributed by atoms with E-state index < -0.39 is 17.8 Å². The van der Waals surface area contributed by atoms with E-state index in [1.54, 1.807) is 25.2 Å². The van der Waals surface area contributed by atoms with Crippen LogP contribution in [0.25, 0.3) is 0 Å². The molecule has 8 heteroatoms. The molecule has 0 saturated heterocycles. The number of hydrogen-bond donors (Lipinski definition) is 1. The molecule has 0 aliphatic heterocycles. The lowest BCUT2D eigenvalue weighted by molar-refractivity contribution is -0.147. The van der Waals surface area contributed by atoms with Gasteiger partial charge in [-0.15, -0.1) is 22.7 Å². The van der Waals surface area contributed by atoms with Crippen LogP contribution in [0.3, 0.4) is 0 Å². The Labute approximate surface area is 160 Å². The van der Waals surface area contributed by atoms with Gasteiger partial charge in [0.05, 0.1) is 18.6 Å². The molecule has 0 saturated carbocycles. The number of esters is 2. The van der Waals surface area contributed by atoms with E-state index in [0.717, 1.165) is 15.3 Å². The summed E-state index contributed by atoms with van der Waals surface area (Å²) in [5.41, 5.74) is 1.13. The summed E-state index contributed by atoms with van der Waals surface area (Å²) in [6.07, 6.45) is 0.813. The predicted octanol–water partition coefficient (Wildman–Crippen LogP) is 3.72. The van der Waals surface area contributed by atoms with Gasteiger partial charge < -0.3 is 14.8 Å². The number of carbonyl (C=O) groups is 3. The van der Waals surface area contributed by atoms with Crippen molar-refractivity contribution in [2.24, 2.45) is 0 Å². The first-order valence-corrected chi connectivity index (χ1v) is 9.87. The molecule has 0 unspecified atom stereocenters. The second-order valence-corrected chi connectivity index (χ2v) is 7.75. The molecule has 0 spiro atoms. The van der Waals surface area contributed by atoms with Gasteiger partial charge in [0.1, 0.15) is 5.00 Å². The Morgan fingerprint density at radius 3 is 2.62 bits per heavy atom. The van der Waals surface area contributed by atoms with Crippen LogP contribution in [0.15, 0.2) is 17.5 Å². The average molecular weight is 396 g/mol. The van der Waals surface area contributed by atoms with Crippen molar-refractivity contribution in [2.45, 2.75) is 33.6 Å². The van der Waals surface area contributed by atoms with E-state index in [-0.39, 0.29) is 19.6 Å². The van der Waals surface area contributed by atoms with Crippen LogP contribution in [0.4, 0.5) is 5.00 Å². The molecule has 0 aromatic carbocycles. The third kappa shape index (κ3) is 5.40. The molecule has 0 aliphatic rings. The van der Waals surface area contributed by atoms with E-state index in [0.29, 0.717) is 17.0 Å². The van der Waals surface area contributed by atoms with Crippen LogP contribution in [0, 0.1) is 13.8 Å². The molecule has 1 amide bonds. The summed E-state index contributed by atoms with van der Waals surface area (Å²) in [6, 6.07) is 3.87. The van der Waals surface area contributed by atoms with Crippen molar-refractivity contribution in [2.75, 3.05) is 18.5 Å². The first-order valence-electron chi connectivity index (χ1n) is 8.17. The average Bonchev–Trinajstić information content (AvgIpc) is 3.20. The van der Waals surface area contributed by atoms with Gasteiger partial charge in [0.2, 0.25) is 0 Å². The highest BCUT2D eigenvalue weighted by atomic mass is 32.1. The van der Waals surface area contributed by atoms with Crippen molar-refractivity contribution in [3.05, 3.63) is 38.4 Å². The molecule has 2 rings (SSSR count). The molecule has 2 heterocycles. The van der Waals surface area contributed by atoms with Crippen LogP contribution in [0.5, 0.6) is 0 Å². The van der Waals surface area contributed by atoms with Gasteiger partial charge in [-0.3, -0.25) is 9.59 Å². The van der Waals surface area contributed by atoms with Gasteiger partial charge in [0.25, 0.3) is 5.91 Å². The smallest absolute Gasteiger partial charge is 0.341 e. The van der Waals surface area contributed by atoms with E-state index in [1.807, 2.05) is 24.4 Å². The van der Waals surface area contributed by atoms with Crippen molar-refractivity contribution in [3.63, 3.8) is 0 Å². The molecular weight excluding hydrogens is 374 g/mol. The zero-order chi connectivity index (χ0) is 19.1. The van der Waals surface area contributed by atoms with Gasteiger partial charge in [0.15, 0.2) is 6.61 Å². The molecule has 0 atom stereocenters. The van der Waals surface area contributed by atoms with E-state index in [9.17, 15) is 14.4 Å². The Morgan fingerprint density at radius 1 is 1.19 bits per heavy atom. The summed E-state index contributed by atoms with van der Waals surface area (Å²) in [4.78, 5) is 37.9. The number of amides is 1. The molecule has 140 valence electrons. The molecule has 26 heavy (non-hydrogen) atoms. The zero-order valence-corrected chi connectivity index (χ0v) is 16.6. The van der Waals surface area contributed by atoms with Gasteiger partial charge in [-0.1, -0.05) is 6.07 Å². The van der Waals surface area contributed by atoms with E-state index in [4.69, 9.17) is 9.47 Å². The van der Waals surface area contributed by atoms with Crippen LogP contribution in [0.2, 0.25) is 0 Å². The normalized spacial score (nSPS) is 10.4. The Morgan fingerprint density at radius 2 is 1.96 bits per heavy atom. The fourth-order valence-electron chi connectivity index (χ4n) is 2.23. The first kappa shape index (κ1) is 20.1. The highest BCUT2D eigenvalue weighted by Gasteiger charge is 2.22. The molecule has 6 nitrogen and oxygen atoms in total. The Balaban J connectivity index is 1.88. The molecule has 2 aromatic rings. The van der Waals surface area contributed by atoms with Gasteiger partial charge in [0, 0.05) is 9.75 Å². The number of rotatable bonds is 8. The van der Waals surface area contributed by atoms with E-state index in [1.165, 1.54) is 11.3 Å². The standard InChI is InChI=1S/C18H21NO5S2/c1-4-23-18(22)16-11(2)12(3)26-17(16)19-14(20)10-24-15(21)8-7-13-6-5-9-25-13/h5-6,9H,4,7-8,10H2,1-3H3,(H,19,20). The highest BCUT2D eigenvalue weighted by Crippen LogP contribution is 2.33. The van der Waals surface area contributed by atoms with Crippen molar-refractivity contribution < 1.29 is 23.9 Å². The summed E-state index contributed by atoms with van der Waals surface area (Å²) >= 11 is 2.87. The quantitative estimate of drug-likeness (QED) is 0.689. The number of thiophene rings is 2. The molecule has 0 bridgehead atoms. The topological polar surface area (TPSA) is 81.7 Å². The van der Waals surface area contributed by atoms with Gasteiger partial charge in [-0.05, 0) is 44.2 Å². The maximum absolute atomic E-state index is 12.1. The van der Waals surface area contributed by atoms with Crippen LogP contribution in [0.1, 0.15) is 39.0 Å². The number of hydrogen-bond acceptors (Lipinski definition) is 7. The molecule has 2 aromatic heterocycles. The van der Waals surface area contributed by atoms with Crippen molar-refractivity contribution in [3.8, 4) is 0 Å². The maximum atomic E-state index is 12.1. The monoisotopic (exact) mass is 395 g/mol. The minimum Gasteiger partial charge on any atom is -0.462 e. The number of nitrogens with one attached hydrogen (secondary N) is 1. The lowest BCUT2D eigenvalue weighted by Crippen LogP contribution is -2.21. The van der Waals surface area contributed by atoms with Crippen molar-refractivity contribution >= 4 is 45.5 Å². The third-order valence-corrected chi connectivity index (χ3v) is 5.70. The van der Waals surface area contributed by atoms with Gasteiger partial charge in [-0.2, -0.15) is 0 Å². The minimum absolute atomic E-state index is 0.221. The number of ether oxygens (including phenoxy) is 2. The Kier molecular flexibility index (Phi) is 7.35. The van der Waals surface area contributed by atoms with E-state index in [2.05, 4.69) is 5.32 Å². The second kappa shape index (κ2) is 9.49. The minimum atomic E-state index is -0.485. The van der Waals surface area contributed by atoms with E-state index >= 15 is 0 Å². The molecular formula is C18H21NO5S2. The zero-order valence-electron chi connectivity index (χ0n) is 14.9. The second-order valence-electron chi connectivity index (χ2n) is 5.50. The fourth-order valence-corrected chi connectivity index (χ4v) is 4.00. The molecule has 0 radical (unpaired) electrons. The van der Waals surface area contributed by atoms with Gasteiger partial charge >= 0.3 is 11.9 Å². The lowest BCUT2D eigenvalue weighted by atomic mass is 10.1. The maximum Gasteiger partial charge on any atom is 0.341 e. The van der Waals surface area contributed by atoms with Crippen LogP contribution in [-0.4, -0.2) is 31.1 Å². The Bertz CT molecular complexity index is 780. The summed E-state index contributed by atoms with van der Waals surface area (Å²) in [6.45, 7) is 5.26. The number of aryl methyl sites for hydroxylation is 2. The van der Waals surface area contributed by atoms with Crippen molar-refractivity contribution in [1.82, 2.24) is 0 Å². The number of anilines is 1. The largest absolute Gasteiger partial charge is 0.462 e. The summed E-state index contributed by atoms with van der Waals surface area (Å²) in [7, 11) is 0. The Hall–Kier alpha value is -2.19.